The molecule has 3 heterocycles. The van der Waals surface area contributed by atoms with Crippen LogP contribution in [0.15, 0.2) is 70.4 Å². The third kappa shape index (κ3) is 4.09. The van der Waals surface area contributed by atoms with Crippen LogP contribution in [-0.4, -0.2) is 36.9 Å². The van der Waals surface area contributed by atoms with E-state index in [2.05, 4.69) is 4.72 Å². The van der Waals surface area contributed by atoms with Crippen LogP contribution in [0.25, 0.3) is 0 Å². The van der Waals surface area contributed by atoms with E-state index in [9.17, 15) is 26.8 Å². The number of sulfonamides is 1. The third-order valence-electron chi connectivity index (χ3n) is 6.33. The largest absolute Gasteiger partial charge is 0.338 e. The Morgan fingerprint density at radius 2 is 1.71 bits per heavy atom. The van der Waals surface area contributed by atoms with Gasteiger partial charge in [0, 0.05) is 36.8 Å². The second kappa shape index (κ2) is 8.35. The lowest BCUT2D eigenvalue weighted by Gasteiger charge is -2.43. The predicted molar refractivity (Wildman–Crippen MR) is 121 cm³/mol. The molecule has 10 heteroatoms. The van der Waals surface area contributed by atoms with Gasteiger partial charge in [-0.25, -0.2) is 17.2 Å². The number of hydrogen-bond acceptors (Lipinski definition) is 4. The molecule has 5 rings (SSSR count). The number of anilines is 1. The van der Waals surface area contributed by atoms with Gasteiger partial charge in [-0.3, -0.25) is 14.3 Å². The molecule has 1 aromatic heterocycles. The molecular formula is C24H21F2N3O4S. The summed E-state index contributed by atoms with van der Waals surface area (Å²) in [6, 6.07) is 13.1. The summed E-state index contributed by atoms with van der Waals surface area (Å²) in [5, 5.41) is 0. The number of piperidine rings is 1. The summed E-state index contributed by atoms with van der Waals surface area (Å²) in [5.41, 5.74) is 0.533. The van der Waals surface area contributed by atoms with Crippen LogP contribution in [0.4, 0.5) is 14.5 Å². The average Bonchev–Trinajstić information content (AvgIpc) is 2.81. The van der Waals surface area contributed by atoms with E-state index in [0.29, 0.717) is 25.2 Å². The molecule has 1 N–H and O–H groups in total. The normalized spacial score (nSPS) is 19.4. The van der Waals surface area contributed by atoms with E-state index < -0.39 is 27.2 Å². The quantitative estimate of drug-likeness (QED) is 0.615. The first-order valence-corrected chi connectivity index (χ1v) is 12.3. The molecule has 3 aromatic rings. The monoisotopic (exact) mass is 485 g/mol. The average molecular weight is 486 g/mol. The van der Waals surface area contributed by atoms with Crippen molar-refractivity contribution in [2.45, 2.75) is 23.8 Å². The predicted octanol–water partition coefficient (Wildman–Crippen LogP) is 3.19. The number of likely N-dealkylation sites (tertiary alicyclic amines) is 1. The van der Waals surface area contributed by atoms with Crippen molar-refractivity contribution < 1.29 is 22.0 Å². The molecular weight excluding hydrogens is 464 g/mol. The van der Waals surface area contributed by atoms with Crippen LogP contribution in [0.3, 0.4) is 0 Å². The lowest BCUT2D eigenvalue weighted by molar-refractivity contribution is 0.0594. The maximum absolute atomic E-state index is 13.5. The molecule has 0 spiro atoms. The molecule has 1 saturated heterocycles. The highest BCUT2D eigenvalue weighted by molar-refractivity contribution is 7.92. The van der Waals surface area contributed by atoms with Crippen LogP contribution in [0.1, 0.15) is 28.4 Å². The smallest absolute Gasteiger partial charge is 0.275 e. The van der Waals surface area contributed by atoms with E-state index >= 15 is 0 Å². The van der Waals surface area contributed by atoms with E-state index in [1.807, 2.05) is 0 Å². The number of rotatable bonds is 4. The number of nitrogens with zero attached hydrogens (tertiary/aromatic N) is 2. The van der Waals surface area contributed by atoms with Gasteiger partial charge in [-0.15, -0.1) is 0 Å². The molecule has 0 radical (unpaired) electrons. The molecule has 0 aliphatic carbocycles. The van der Waals surface area contributed by atoms with Crippen LogP contribution in [0, 0.1) is 17.6 Å². The standard InChI is InChI=1S/C24H21F2N3O4S/c25-18-6-4-16(5-7-18)23(30)28-12-15-10-17(14-28)22-9-8-21(24(31)29(22)13-15)27-34(32,33)20-3-1-2-19(26)11-20/h1-9,11,15,17,27H,10,12-14H2/t15-,17-/m1/s1. The number of nitrogens with one attached hydrogen (secondary N) is 1. The van der Waals surface area contributed by atoms with E-state index in [4.69, 9.17) is 0 Å². The molecule has 2 atom stereocenters. The molecule has 2 bridgehead atoms. The Labute approximate surface area is 194 Å². The number of carbonyl (C=O) groups excluding carboxylic acids is 1. The van der Waals surface area contributed by atoms with E-state index in [0.717, 1.165) is 24.2 Å². The Hall–Kier alpha value is -3.53. The zero-order chi connectivity index (χ0) is 24.0. The first kappa shape index (κ1) is 22.3. The Bertz CT molecular complexity index is 1440. The number of fused-ring (bicyclic) bond motifs is 4. The second-order valence-electron chi connectivity index (χ2n) is 8.67. The zero-order valence-electron chi connectivity index (χ0n) is 17.9. The zero-order valence-corrected chi connectivity index (χ0v) is 18.8. The Balaban J connectivity index is 1.40. The highest BCUT2D eigenvalue weighted by atomic mass is 32.2. The van der Waals surface area contributed by atoms with Crippen LogP contribution in [0.5, 0.6) is 0 Å². The van der Waals surface area contributed by atoms with Crippen LogP contribution in [0.2, 0.25) is 0 Å². The van der Waals surface area contributed by atoms with Gasteiger partial charge in [0.25, 0.3) is 21.5 Å². The molecule has 1 amide bonds. The van der Waals surface area contributed by atoms with Gasteiger partial charge in [0.05, 0.1) is 4.90 Å². The van der Waals surface area contributed by atoms with Crippen molar-refractivity contribution >= 4 is 21.6 Å². The molecule has 0 unspecified atom stereocenters. The minimum absolute atomic E-state index is 0.0171. The minimum Gasteiger partial charge on any atom is -0.338 e. The van der Waals surface area contributed by atoms with Gasteiger partial charge in [-0.05, 0) is 66.9 Å². The topological polar surface area (TPSA) is 88.5 Å². The van der Waals surface area contributed by atoms with Gasteiger partial charge in [0.15, 0.2) is 0 Å². The molecule has 2 aromatic carbocycles. The first-order chi connectivity index (χ1) is 16.2. The van der Waals surface area contributed by atoms with Crippen molar-refractivity contribution in [3.8, 4) is 0 Å². The summed E-state index contributed by atoms with van der Waals surface area (Å²) in [6.07, 6.45) is 0.807. The van der Waals surface area contributed by atoms with Crippen LogP contribution >= 0.6 is 0 Å². The molecule has 34 heavy (non-hydrogen) atoms. The Morgan fingerprint density at radius 3 is 2.44 bits per heavy atom. The number of pyridine rings is 1. The van der Waals surface area contributed by atoms with Crippen molar-refractivity contribution in [1.82, 2.24) is 9.47 Å². The molecule has 2 aliphatic rings. The Kier molecular flexibility index (Phi) is 5.47. The van der Waals surface area contributed by atoms with Crippen molar-refractivity contribution in [2.75, 3.05) is 17.8 Å². The molecule has 1 fully saturated rings. The number of halogens is 2. The summed E-state index contributed by atoms with van der Waals surface area (Å²) in [4.78, 5) is 27.5. The minimum atomic E-state index is -4.14. The van der Waals surface area contributed by atoms with Gasteiger partial charge in [-0.1, -0.05) is 6.07 Å². The van der Waals surface area contributed by atoms with Gasteiger partial charge >= 0.3 is 0 Å². The van der Waals surface area contributed by atoms with Gasteiger partial charge in [-0.2, -0.15) is 0 Å². The third-order valence-corrected chi connectivity index (χ3v) is 7.70. The van der Waals surface area contributed by atoms with E-state index in [-0.39, 0.29) is 28.3 Å². The second-order valence-corrected chi connectivity index (χ2v) is 10.3. The molecule has 7 nitrogen and oxygen atoms in total. The summed E-state index contributed by atoms with van der Waals surface area (Å²) in [7, 11) is -4.14. The number of hydrogen-bond donors (Lipinski definition) is 1. The van der Waals surface area contributed by atoms with Crippen molar-refractivity contribution in [1.29, 1.82) is 0 Å². The molecule has 2 aliphatic heterocycles. The summed E-state index contributed by atoms with van der Waals surface area (Å²) in [5.74, 6) is -1.37. The van der Waals surface area contributed by atoms with Crippen molar-refractivity contribution in [3.63, 3.8) is 0 Å². The number of amides is 1. The fourth-order valence-corrected chi connectivity index (χ4v) is 5.89. The lowest BCUT2D eigenvalue weighted by Crippen LogP contribution is -2.49. The Morgan fingerprint density at radius 1 is 0.941 bits per heavy atom. The van der Waals surface area contributed by atoms with Gasteiger partial charge in [0.2, 0.25) is 0 Å². The number of benzene rings is 2. The van der Waals surface area contributed by atoms with Crippen molar-refractivity contribution in [3.05, 3.63) is 93.9 Å². The highest BCUT2D eigenvalue weighted by Gasteiger charge is 2.37. The fraction of sp³-hybridized carbons (Fsp3) is 0.250. The summed E-state index contributed by atoms with van der Waals surface area (Å²) < 4.78 is 55.8. The van der Waals surface area contributed by atoms with Crippen molar-refractivity contribution in [2.24, 2.45) is 5.92 Å². The van der Waals surface area contributed by atoms with E-state index in [1.54, 1.807) is 15.5 Å². The summed E-state index contributed by atoms with van der Waals surface area (Å²) >= 11 is 0. The molecule has 176 valence electrons. The maximum Gasteiger partial charge on any atom is 0.275 e. The van der Waals surface area contributed by atoms with Gasteiger partial charge in [0.1, 0.15) is 17.3 Å². The summed E-state index contributed by atoms with van der Waals surface area (Å²) in [6.45, 7) is 1.19. The first-order valence-electron chi connectivity index (χ1n) is 10.8. The highest BCUT2D eigenvalue weighted by Crippen LogP contribution is 2.36. The lowest BCUT2D eigenvalue weighted by atomic mass is 9.83. The maximum atomic E-state index is 13.5. The SMILES string of the molecule is O=C(c1ccc(F)cc1)N1C[C@H]2C[C@H](C1)c1ccc(NS(=O)(=O)c3cccc(F)c3)c(=O)n1C2. The van der Waals surface area contributed by atoms with Crippen LogP contribution < -0.4 is 10.3 Å². The molecule has 0 saturated carbocycles. The van der Waals surface area contributed by atoms with Crippen LogP contribution in [-0.2, 0) is 16.6 Å². The number of carbonyl (C=O) groups is 1. The van der Waals surface area contributed by atoms with E-state index in [1.165, 1.54) is 42.5 Å². The number of aromatic nitrogens is 1. The van der Waals surface area contributed by atoms with Gasteiger partial charge < -0.3 is 9.47 Å². The fourth-order valence-electron chi connectivity index (χ4n) is 4.80.